The summed E-state index contributed by atoms with van der Waals surface area (Å²) < 4.78 is 96.5. The number of aromatic nitrogens is 2. The smallest absolute Gasteiger partial charge is 0.366 e. The Bertz CT molecular complexity index is 1950. The average Bonchev–Trinajstić information content (AvgIpc) is 3.59. The Kier molecular flexibility index (Phi) is 9.92. The number of aryl methyl sites for hydroxylation is 1. The number of carbonyl (C=O) groups excluding carboxylic acids is 1. The summed E-state index contributed by atoms with van der Waals surface area (Å²) in [5.41, 5.74) is 0.854. The first-order valence-electron chi connectivity index (χ1n) is 15.6. The Morgan fingerprint density at radius 3 is 2.22 bits per heavy atom. The van der Waals surface area contributed by atoms with Gasteiger partial charge < -0.3 is 9.80 Å². The third-order valence-corrected chi connectivity index (χ3v) is 10.9. The Morgan fingerprint density at radius 1 is 0.857 bits per heavy atom. The van der Waals surface area contributed by atoms with Crippen LogP contribution in [-0.2, 0) is 27.4 Å². The van der Waals surface area contributed by atoms with E-state index in [-0.39, 0.29) is 42.4 Å². The van der Waals surface area contributed by atoms with Crippen LogP contribution in [-0.4, -0.2) is 67.2 Å². The van der Waals surface area contributed by atoms with E-state index < -0.39 is 38.5 Å². The van der Waals surface area contributed by atoms with Gasteiger partial charge in [0.2, 0.25) is 16.0 Å². The van der Waals surface area contributed by atoms with Gasteiger partial charge in [-0.05, 0) is 67.8 Å². The van der Waals surface area contributed by atoms with Gasteiger partial charge in [0.05, 0.1) is 23.0 Å². The summed E-state index contributed by atoms with van der Waals surface area (Å²) >= 11 is 5.80. The summed E-state index contributed by atoms with van der Waals surface area (Å²) in [6.45, 7) is 1.83. The number of anilines is 2. The lowest BCUT2D eigenvalue weighted by Gasteiger charge is -2.36. The fourth-order valence-corrected chi connectivity index (χ4v) is 8.05. The first-order chi connectivity index (χ1) is 23.3. The molecule has 4 aromatic rings. The summed E-state index contributed by atoms with van der Waals surface area (Å²) in [6, 6.07) is 14.9. The first-order valence-corrected chi connectivity index (χ1v) is 17.4. The molecule has 49 heavy (non-hydrogen) atoms. The van der Waals surface area contributed by atoms with Crippen LogP contribution in [0.5, 0.6) is 0 Å². The Morgan fingerprint density at radius 2 is 1.55 bits per heavy atom. The SMILES string of the molecule is O=C(CCc1cc(-c2ccc(C(F)(F)F)cc2)nc(N2CCN(c3ccccc3F)CC2)n1)[C@@H]1CCCN1S(=O)(=O)c1ccc(Cl)cc1F. The van der Waals surface area contributed by atoms with Crippen molar-refractivity contribution >= 4 is 39.0 Å². The predicted molar refractivity (Wildman–Crippen MR) is 175 cm³/mol. The minimum absolute atomic E-state index is 0.0392. The summed E-state index contributed by atoms with van der Waals surface area (Å²) in [6.07, 6.45) is -3.83. The van der Waals surface area contributed by atoms with Gasteiger partial charge in [-0.25, -0.2) is 27.2 Å². The number of ketones is 1. The molecular formula is C34H31ClF5N5O3S. The van der Waals surface area contributed by atoms with Crippen LogP contribution in [0.4, 0.5) is 33.6 Å². The number of para-hydroxylation sites is 1. The van der Waals surface area contributed by atoms with Crippen LogP contribution in [0.3, 0.4) is 0 Å². The van der Waals surface area contributed by atoms with Gasteiger partial charge in [-0.1, -0.05) is 35.9 Å². The molecule has 2 saturated heterocycles. The van der Waals surface area contributed by atoms with Gasteiger partial charge in [0.1, 0.15) is 16.5 Å². The molecule has 0 aliphatic carbocycles. The molecular weight excluding hydrogens is 689 g/mol. The second-order valence-corrected chi connectivity index (χ2v) is 14.2. The molecule has 0 radical (unpaired) electrons. The maximum absolute atomic E-state index is 14.6. The third kappa shape index (κ3) is 7.55. The highest BCUT2D eigenvalue weighted by molar-refractivity contribution is 7.89. The molecule has 2 aliphatic heterocycles. The maximum Gasteiger partial charge on any atom is 0.416 e. The van der Waals surface area contributed by atoms with Crippen LogP contribution in [0.1, 0.15) is 30.5 Å². The van der Waals surface area contributed by atoms with Gasteiger partial charge in [-0.15, -0.1) is 0 Å². The summed E-state index contributed by atoms with van der Waals surface area (Å²) in [5.74, 6) is -1.42. The van der Waals surface area contributed by atoms with Crippen molar-refractivity contribution in [1.29, 1.82) is 0 Å². The molecule has 0 N–H and O–H groups in total. The Hall–Kier alpha value is -4.14. The second-order valence-electron chi connectivity index (χ2n) is 11.9. The number of rotatable bonds is 9. The number of halogens is 6. The van der Waals surface area contributed by atoms with Crippen LogP contribution in [0, 0.1) is 11.6 Å². The number of sulfonamides is 1. The van der Waals surface area contributed by atoms with E-state index in [0.717, 1.165) is 28.6 Å². The van der Waals surface area contributed by atoms with Crippen molar-refractivity contribution in [3.63, 3.8) is 0 Å². The van der Waals surface area contributed by atoms with Gasteiger partial charge in [0.25, 0.3) is 0 Å². The zero-order valence-electron chi connectivity index (χ0n) is 26.0. The van der Waals surface area contributed by atoms with E-state index in [1.807, 2.05) is 9.80 Å². The lowest BCUT2D eigenvalue weighted by Crippen LogP contribution is -2.47. The summed E-state index contributed by atoms with van der Waals surface area (Å²) in [5, 5.41) is 0.0392. The molecule has 0 unspecified atom stereocenters. The molecule has 6 rings (SSSR count). The number of benzene rings is 3. The largest absolute Gasteiger partial charge is 0.416 e. The van der Waals surface area contributed by atoms with E-state index in [9.17, 15) is 35.2 Å². The van der Waals surface area contributed by atoms with Crippen molar-refractivity contribution < 1.29 is 35.2 Å². The minimum Gasteiger partial charge on any atom is -0.366 e. The number of hydrogen-bond donors (Lipinski definition) is 0. The molecule has 1 atom stereocenters. The molecule has 0 saturated carbocycles. The molecule has 0 bridgehead atoms. The van der Waals surface area contributed by atoms with E-state index in [2.05, 4.69) is 9.97 Å². The van der Waals surface area contributed by atoms with Gasteiger partial charge in [0.15, 0.2) is 5.78 Å². The fourth-order valence-electron chi connectivity index (χ4n) is 6.16. The summed E-state index contributed by atoms with van der Waals surface area (Å²) in [4.78, 5) is 26.1. The van der Waals surface area contributed by atoms with Crippen molar-refractivity contribution in [2.75, 3.05) is 42.5 Å². The minimum atomic E-state index is -4.51. The molecule has 258 valence electrons. The van der Waals surface area contributed by atoms with Crippen molar-refractivity contribution in [3.8, 4) is 11.3 Å². The molecule has 1 aromatic heterocycles. The highest BCUT2D eigenvalue weighted by Crippen LogP contribution is 2.33. The van der Waals surface area contributed by atoms with Crippen LogP contribution in [0.15, 0.2) is 77.7 Å². The number of Topliss-reactive ketones (excluding diaryl/α,β-unsaturated/α-hetero) is 1. The molecule has 15 heteroatoms. The molecule has 3 heterocycles. The van der Waals surface area contributed by atoms with E-state index >= 15 is 0 Å². The van der Waals surface area contributed by atoms with Gasteiger partial charge in [-0.2, -0.15) is 17.5 Å². The lowest BCUT2D eigenvalue weighted by molar-refractivity contribution is -0.137. The Labute approximate surface area is 285 Å². The molecule has 3 aromatic carbocycles. The maximum atomic E-state index is 14.6. The number of nitrogens with zero attached hydrogens (tertiary/aromatic N) is 5. The highest BCUT2D eigenvalue weighted by atomic mass is 35.5. The average molecular weight is 720 g/mol. The zero-order valence-corrected chi connectivity index (χ0v) is 27.6. The first kappa shape index (κ1) is 34.7. The number of carbonyl (C=O) groups is 1. The second kappa shape index (κ2) is 14.0. The highest BCUT2D eigenvalue weighted by Gasteiger charge is 2.40. The normalized spacial score (nSPS) is 17.5. The van der Waals surface area contributed by atoms with E-state index in [0.29, 0.717) is 61.2 Å². The zero-order chi connectivity index (χ0) is 34.9. The van der Waals surface area contributed by atoms with Gasteiger partial charge in [0, 0.05) is 55.4 Å². The van der Waals surface area contributed by atoms with Crippen molar-refractivity contribution in [2.24, 2.45) is 0 Å². The van der Waals surface area contributed by atoms with E-state index in [1.165, 1.54) is 24.3 Å². The molecule has 2 fully saturated rings. The Balaban J connectivity index is 1.23. The van der Waals surface area contributed by atoms with Crippen LogP contribution in [0.25, 0.3) is 11.3 Å². The lowest BCUT2D eigenvalue weighted by atomic mass is 10.0. The predicted octanol–water partition coefficient (Wildman–Crippen LogP) is 6.78. The molecule has 8 nitrogen and oxygen atoms in total. The van der Waals surface area contributed by atoms with Crippen LogP contribution in [0.2, 0.25) is 5.02 Å². The number of hydrogen-bond acceptors (Lipinski definition) is 7. The quantitative estimate of drug-likeness (QED) is 0.177. The third-order valence-electron chi connectivity index (χ3n) is 8.71. The fraction of sp³-hybridized carbons (Fsp3) is 0.324. The van der Waals surface area contributed by atoms with Crippen molar-refractivity contribution in [1.82, 2.24) is 14.3 Å². The number of piperazine rings is 1. The molecule has 0 amide bonds. The van der Waals surface area contributed by atoms with E-state index in [4.69, 9.17) is 11.6 Å². The molecule has 0 spiro atoms. The standard InChI is InChI=1S/C34H31ClF5N5O3S/c35-24-11-14-32(27(37)20-24)49(47,48)45-15-3-6-30(45)31(46)13-12-25-21-28(22-7-9-23(10-8-22)34(38,39)40)42-33(41-25)44-18-16-43(17-19-44)29-5-2-1-4-26(29)36/h1-2,4-5,7-11,14,20-21,30H,3,6,12-13,15-19H2/t30-/m0/s1. The summed E-state index contributed by atoms with van der Waals surface area (Å²) in [7, 11) is -4.33. The number of alkyl halides is 3. The molecule has 2 aliphatic rings. The van der Waals surface area contributed by atoms with Gasteiger partial charge in [-0.3, -0.25) is 4.79 Å². The van der Waals surface area contributed by atoms with Crippen LogP contribution >= 0.6 is 11.6 Å². The van der Waals surface area contributed by atoms with Crippen molar-refractivity contribution in [2.45, 2.75) is 42.8 Å². The van der Waals surface area contributed by atoms with Crippen molar-refractivity contribution in [3.05, 3.63) is 101 Å². The van der Waals surface area contributed by atoms with E-state index in [1.54, 1.807) is 24.3 Å². The monoisotopic (exact) mass is 719 g/mol. The van der Waals surface area contributed by atoms with Crippen LogP contribution < -0.4 is 9.80 Å². The topological polar surface area (TPSA) is 86.7 Å². The van der Waals surface area contributed by atoms with Gasteiger partial charge >= 0.3 is 6.18 Å².